The second-order valence-electron chi connectivity index (χ2n) is 4.69. The summed E-state index contributed by atoms with van der Waals surface area (Å²) in [5.41, 5.74) is 3.68. The minimum atomic E-state index is -4.27. The van der Waals surface area contributed by atoms with E-state index < -0.39 is 28.8 Å². The van der Waals surface area contributed by atoms with Gasteiger partial charge in [-0.3, -0.25) is 0 Å². The quantitative estimate of drug-likeness (QED) is 0.520. The molecular weight excluding hydrogens is 368 g/mol. The van der Waals surface area contributed by atoms with E-state index in [1.54, 1.807) is 12.1 Å². The van der Waals surface area contributed by atoms with Crippen molar-refractivity contribution in [3.63, 3.8) is 0 Å². The van der Waals surface area contributed by atoms with Gasteiger partial charge in [-0.15, -0.1) is 0 Å². The van der Waals surface area contributed by atoms with Crippen LogP contribution in [0.3, 0.4) is 0 Å². The third-order valence-electron chi connectivity index (χ3n) is 3.35. The van der Waals surface area contributed by atoms with Crippen LogP contribution >= 0.6 is 18.6 Å². The number of fused-ring (bicyclic) bond motifs is 1. The number of alkyl halides is 3. The predicted molar refractivity (Wildman–Crippen MR) is 81.2 cm³/mol. The van der Waals surface area contributed by atoms with Crippen LogP contribution in [0, 0.1) is 0 Å². The summed E-state index contributed by atoms with van der Waals surface area (Å²) >= 11 is -0.556. The molecule has 0 nitrogen and oxygen atoms in total. The second kappa shape index (κ2) is 7.69. The summed E-state index contributed by atoms with van der Waals surface area (Å²) in [6.07, 6.45) is -1.45. The van der Waals surface area contributed by atoms with E-state index in [-0.39, 0.29) is 0 Å². The van der Waals surface area contributed by atoms with Gasteiger partial charge in [0.25, 0.3) is 0 Å². The van der Waals surface area contributed by atoms with Gasteiger partial charge in [-0.2, -0.15) is 13.2 Å². The summed E-state index contributed by atoms with van der Waals surface area (Å²) in [6, 6.07) is 13.4. The average Bonchev–Trinajstić information content (AvgIpc) is 2.91. The zero-order valence-corrected chi connectivity index (χ0v) is 14.4. The van der Waals surface area contributed by atoms with E-state index in [1.807, 2.05) is 30.3 Å². The van der Waals surface area contributed by atoms with Crippen LogP contribution in [-0.2, 0) is 29.6 Å². The van der Waals surface area contributed by atoms with E-state index in [4.69, 9.17) is 18.6 Å². The van der Waals surface area contributed by atoms with Gasteiger partial charge in [0, 0.05) is 0 Å². The summed E-state index contributed by atoms with van der Waals surface area (Å²) in [5.74, 6) is 0. The van der Waals surface area contributed by atoms with Crippen LogP contribution in [0.2, 0.25) is 0 Å². The molecule has 0 spiro atoms. The van der Waals surface area contributed by atoms with E-state index in [2.05, 4.69) is 0 Å². The molecule has 6 heteroatoms. The number of halogens is 5. The van der Waals surface area contributed by atoms with Crippen molar-refractivity contribution in [2.45, 2.75) is 12.6 Å². The number of hydrogen-bond acceptors (Lipinski definition) is 0. The van der Waals surface area contributed by atoms with Crippen molar-refractivity contribution in [2.75, 3.05) is 0 Å². The van der Waals surface area contributed by atoms with Crippen LogP contribution in [0.4, 0.5) is 13.2 Å². The Kier molecular flexibility index (Phi) is 6.16. The van der Waals surface area contributed by atoms with Crippen molar-refractivity contribution in [3.05, 3.63) is 70.8 Å². The van der Waals surface area contributed by atoms with Crippen molar-refractivity contribution >= 4 is 30.3 Å². The van der Waals surface area contributed by atoms with Crippen molar-refractivity contribution in [1.82, 2.24) is 0 Å². The third-order valence-corrected chi connectivity index (χ3v) is 3.35. The minimum absolute atomic E-state index is 0.556. The Labute approximate surface area is 143 Å². The molecule has 2 aromatic rings. The molecule has 0 fully saturated rings. The Bertz CT molecular complexity index is 664. The van der Waals surface area contributed by atoms with E-state index >= 15 is 0 Å². The molecule has 0 N–H and O–H groups in total. The third kappa shape index (κ3) is 4.39. The number of rotatable bonds is 1. The molecule has 0 amide bonds. The predicted octanol–water partition coefficient (Wildman–Crippen LogP) is 6.18. The Morgan fingerprint density at radius 2 is 1.50 bits per heavy atom. The summed E-state index contributed by atoms with van der Waals surface area (Å²) in [6.45, 7) is 0. The average molecular weight is 379 g/mol. The van der Waals surface area contributed by atoms with Crippen LogP contribution in [0.1, 0.15) is 22.3 Å². The maximum atomic E-state index is 12.5. The van der Waals surface area contributed by atoms with E-state index in [9.17, 15) is 13.2 Å². The van der Waals surface area contributed by atoms with Gasteiger partial charge in [0.2, 0.25) is 0 Å². The van der Waals surface area contributed by atoms with Gasteiger partial charge in [0.15, 0.2) is 0 Å². The Morgan fingerprint density at radius 1 is 0.909 bits per heavy atom. The molecule has 2 aromatic carbocycles. The monoisotopic (exact) mass is 378 g/mol. The van der Waals surface area contributed by atoms with Gasteiger partial charge in [-0.25, -0.2) is 0 Å². The molecule has 0 unspecified atom stereocenters. The first-order valence-corrected chi connectivity index (χ1v) is 10.7. The molecule has 0 radical (unpaired) electrons. The molecule has 0 saturated heterocycles. The SMILES string of the molecule is FC(F)(F)c1ccc(C2=Cc3ccccc3C2)cc1.[Cl][Ti][Cl]. The molecular formula is C16H11Cl2F3Ti. The van der Waals surface area contributed by atoms with Crippen LogP contribution in [0.15, 0.2) is 48.5 Å². The zero-order chi connectivity index (χ0) is 16.2. The summed E-state index contributed by atoms with van der Waals surface area (Å²) in [4.78, 5) is 0. The first-order valence-electron chi connectivity index (χ1n) is 6.38. The van der Waals surface area contributed by atoms with Gasteiger partial charge in [-0.1, -0.05) is 42.5 Å². The molecule has 0 saturated carbocycles. The van der Waals surface area contributed by atoms with E-state index in [1.165, 1.54) is 5.56 Å². The maximum absolute atomic E-state index is 12.5. The van der Waals surface area contributed by atoms with Crippen molar-refractivity contribution < 1.29 is 30.2 Å². The van der Waals surface area contributed by atoms with Gasteiger partial charge >= 0.3 is 41.8 Å². The molecule has 0 aromatic heterocycles. The fourth-order valence-electron chi connectivity index (χ4n) is 2.34. The Morgan fingerprint density at radius 3 is 2.05 bits per heavy atom. The van der Waals surface area contributed by atoms with Crippen LogP contribution in [-0.4, -0.2) is 0 Å². The van der Waals surface area contributed by atoms with Crippen molar-refractivity contribution in [1.29, 1.82) is 0 Å². The fraction of sp³-hybridized carbons (Fsp3) is 0.125. The molecule has 0 bridgehead atoms. The normalized spacial score (nSPS) is 12.9. The van der Waals surface area contributed by atoms with Gasteiger partial charge in [-0.05, 0) is 40.8 Å². The van der Waals surface area contributed by atoms with Gasteiger partial charge < -0.3 is 0 Å². The van der Waals surface area contributed by atoms with Crippen molar-refractivity contribution in [2.24, 2.45) is 0 Å². The molecule has 1 aliphatic rings. The number of benzene rings is 2. The molecule has 0 atom stereocenters. The van der Waals surface area contributed by atoms with E-state index in [0.717, 1.165) is 35.3 Å². The first-order chi connectivity index (χ1) is 10.5. The van der Waals surface area contributed by atoms with Gasteiger partial charge in [0.05, 0.1) is 5.56 Å². The van der Waals surface area contributed by atoms with Crippen LogP contribution in [0.25, 0.3) is 11.6 Å². The number of hydrogen-bond donors (Lipinski definition) is 0. The fourth-order valence-corrected chi connectivity index (χ4v) is 2.34. The van der Waals surface area contributed by atoms with E-state index in [0.29, 0.717) is 0 Å². The molecule has 0 heterocycles. The molecule has 114 valence electrons. The second-order valence-corrected chi connectivity index (χ2v) is 7.27. The van der Waals surface area contributed by atoms with Crippen LogP contribution < -0.4 is 0 Å². The zero-order valence-electron chi connectivity index (χ0n) is 11.3. The van der Waals surface area contributed by atoms with Crippen LogP contribution in [0.5, 0.6) is 0 Å². The number of allylic oxidation sites excluding steroid dienone is 1. The summed E-state index contributed by atoms with van der Waals surface area (Å²) < 4.78 is 37.5. The molecule has 0 aliphatic heterocycles. The summed E-state index contributed by atoms with van der Waals surface area (Å²) in [5, 5.41) is 0. The Hall–Kier alpha value is -0.736. The Balaban J connectivity index is 0.000000545. The van der Waals surface area contributed by atoms with Crippen molar-refractivity contribution in [3.8, 4) is 0 Å². The topological polar surface area (TPSA) is 0 Å². The molecule has 1 aliphatic carbocycles. The molecule has 22 heavy (non-hydrogen) atoms. The standard InChI is InChI=1S/C16H11F3.2ClH.Ti/c17-16(18,19)15-7-5-11(6-8-15)14-9-12-3-1-2-4-13(12)10-14;;;/h1-9H,10H2;2*1H;/q;;;+2/p-2. The van der Waals surface area contributed by atoms with Gasteiger partial charge in [0.1, 0.15) is 0 Å². The first kappa shape index (κ1) is 17.6. The molecule has 3 rings (SSSR count). The summed E-state index contributed by atoms with van der Waals surface area (Å²) in [7, 11) is 9.78.